The van der Waals surface area contributed by atoms with Gasteiger partial charge in [-0.2, -0.15) is 0 Å². The van der Waals surface area contributed by atoms with Gasteiger partial charge in [-0.05, 0) is 19.4 Å². The van der Waals surface area contributed by atoms with Crippen LogP contribution in [0.2, 0.25) is 0 Å². The Morgan fingerprint density at radius 2 is 1.58 bits per heavy atom. The number of hydroxylamine groups is 4. The Morgan fingerprint density at radius 3 is 1.67 bits per heavy atom. The first-order valence-electron chi connectivity index (χ1n) is 4.17. The molecule has 0 amide bonds. The predicted molar refractivity (Wildman–Crippen MR) is 44.5 cm³/mol. The van der Waals surface area contributed by atoms with Crippen molar-refractivity contribution in [2.24, 2.45) is 0 Å². The summed E-state index contributed by atoms with van der Waals surface area (Å²) in [7, 11) is 0. The lowest BCUT2D eigenvalue weighted by Gasteiger charge is -2.48. The van der Waals surface area contributed by atoms with Gasteiger partial charge in [-0.15, -0.1) is 0 Å². The Kier molecular flexibility index (Phi) is 4.66. The van der Waals surface area contributed by atoms with Crippen LogP contribution in [0.4, 0.5) is 0 Å². The molecule has 0 saturated heterocycles. The fraction of sp³-hybridized carbons (Fsp3) is 1.00. The van der Waals surface area contributed by atoms with Gasteiger partial charge < -0.3 is 10.3 Å². The monoisotopic (exact) mass is 177 g/mol. The Bertz CT molecular complexity index is 126. The molecule has 0 rings (SSSR count). The quantitative estimate of drug-likeness (QED) is 0.490. The predicted octanol–water partition coefficient (Wildman–Crippen LogP) is 1.40. The van der Waals surface area contributed by atoms with Gasteiger partial charge >= 0.3 is 0 Å². The van der Waals surface area contributed by atoms with E-state index in [4.69, 9.17) is 10.4 Å². The van der Waals surface area contributed by atoms with E-state index < -0.39 is 5.66 Å². The second kappa shape index (κ2) is 4.74. The van der Waals surface area contributed by atoms with Crippen molar-refractivity contribution in [3.05, 3.63) is 5.21 Å². The van der Waals surface area contributed by atoms with Crippen molar-refractivity contribution >= 4 is 0 Å². The van der Waals surface area contributed by atoms with Gasteiger partial charge in [-0.25, -0.2) is 0 Å². The third-order valence-electron chi connectivity index (χ3n) is 2.26. The van der Waals surface area contributed by atoms with Crippen LogP contribution in [0.15, 0.2) is 0 Å². The van der Waals surface area contributed by atoms with Crippen molar-refractivity contribution < 1.29 is 10.4 Å². The van der Waals surface area contributed by atoms with E-state index in [-0.39, 0.29) is 11.8 Å². The first-order chi connectivity index (χ1) is 5.55. The lowest BCUT2D eigenvalue weighted by molar-refractivity contribution is -0.390. The van der Waals surface area contributed by atoms with Crippen molar-refractivity contribution in [1.29, 1.82) is 0 Å². The van der Waals surface area contributed by atoms with Crippen molar-refractivity contribution in [1.82, 2.24) is 10.3 Å². The highest BCUT2D eigenvalue weighted by Gasteiger charge is 2.33. The molecule has 0 aromatic heterocycles. The van der Waals surface area contributed by atoms with Gasteiger partial charge in [0.1, 0.15) is 5.66 Å². The van der Waals surface area contributed by atoms with Gasteiger partial charge in [0.25, 0.3) is 0 Å². The Labute approximate surface area is 72.7 Å². The summed E-state index contributed by atoms with van der Waals surface area (Å²) in [5.41, 5.74) is -1.19. The summed E-state index contributed by atoms with van der Waals surface area (Å²) in [6.07, 6.45) is 0.738. The zero-order chi connectivity index (χ0) is 9.78. The van der Waals surface area contributed by atoms with E-state index in [1.807, 2.05) is 0 Å². The fourth-order valence-electron chi connectivity index (χ4n) is 1.28. The van der Waals surface area contributed by atoms with Gasteiger partial charge in [-0.3, -0.25) is 10.4 Å². The maximum atomic E-state index is 11.3. The lowest BCUT2D eigenvalue weighted by Crippen LogP contribution is -2.55. The van der Waals surface area contributed by atoms with E-state index in [1.54, 1.807) is 20.8 Å². The molecule has 5 nitrogen and oxygen atoms in total. The van der Waals surface area contributed by atoms with E-state index in [0.29, 0.717) is 17.9 Å². The number of hydrogen-bond acceptors (Lipinski definition) is 5. The average Bonchev–Trinajstić information content (AvgIpc) is 2.06. The van der Waals surface area contributed by atoms with Gasteiger partial charge in [0, 0.05) is 0 Å². The molecular weight excluding hydrogens is 160 g/mol. The molecule has 0 aromatic rings. The summed E-state index contributed by atoms with van der Waals surface area (Å²) in [4.78, 5) is 0. The van der Waals surface area contributed by atoms with Crippen LogP contribution >= 0.6 is 0 Å². The fourth-order valence-corrected chi connectivity index (χ4v) is 1.28. The molecule has 0 aliphatic heterocycles. The molecule has 0 aliphatic rings. The Balaban J connectivity index is 4.56. The van der Waals surface area contributed by atoms with Crippen LogP contribution in [-0.4, -0.2) is 32.9 Å². The normalized spacial score (nSPS) is 13.0. The van der Waals surface area contributed by atoms with Gasteiger partial charge in [0.15, 0.2) is 0 Å². The number of rotatable bonds is 5. The summed E-state index contributed by atoms with van der Waals surface area (Å²) in [5.74, 6) is 0. The van der Waals surface area contributed by atoms with Crippen molar-refractivity contribution in [3.63, 3.8) is 0 Å². The maximum absolute atomic E-state index is 11.3. The van der Waals surface area contributed by atoms with Crippen LogP contribution in [0.25, 0.3) is 0 Å². The standard InChI is InChI=1S/C7H17N2O3/c1-4-7(5-2,9(11)12)8(10)6-3/h11-12H,4-6H2,1-3H3/q-1. The summed E-state index contributed by atoms with van der Waals surface area (Å²) in [5, 5.41) is 29.8. The zero-order valence-electron chi connectivity index (χ0n) is 7.82. The molecule has 0 unspecified atom stereocenters. The highest BCUT2D eigenvalue weighted by Crippen LogP contribution is 2.24. The van der Waals surface area contributed by atoms with Crippen molar-refractivity contribution in [2.75, 3.05) is 6.54 Å². The number of hydrogen-bond donors (Lipinski definition) is 2. The smallest absolute Gasteiger partial charge is 0.113 e. The summed E-state index contributed by atoms with van der Waals surface area (Å²) in [6, 6.07) is 0. The Morgan fingerprint density at radius 1 is 1.17 bits per heavy atom. The van der Waals surface area contributed by atoms with Gasteiger partial charge in [0.2, 0.25) is 0 Å². The van der Waals surface area contributed by atoms with Crippen LogP contribution in [0.3, 0.4) is 0 Å². The third kappa shape index (κ3) is 1.94. The minimum atomic E-state index is -1.19. The third-order valence-corrected chi connectivity index (χ3v) is 2.26. The second-order valence-electron chi connectivity index (χ2n) is 2.67. The highest BCUT2D eigenvalue weighted by molar-refractivity contribution is 4.81. The van der Waals surface area contributed by atoms with E-state index in [9.17, 15) is 5.21 Å². The minimum Gasteiger partial charge on any atom is -0.784 e. The minimum absolute atomic E-state index is 0.0174. The van der Waals surface area contributed by atoms with Crippen LogP contribution in [-0.2, 0) is 0 Å². The van der Waals surface area contributed by atoms with Crippen LogP contribution in [0, 0.1) is 5.21 Å². The summed E-state index contributed by atoms with van der Waals surface area (Å²) in [6.45, 7) is 5.39. The van der Waals surface area contributed by atoms with Crippen molar-refractivity contribution in [3.8, 4) is 0 Å². The second-order valence-corrected chi connectivity index (χ2v) is 2.67. The molecule has 2 N–H and O–H groups in total. The van der Waals surface area contributed by atoms with Crippen LogP contribution in [0.1, 0.15) is 33.6 Å². The first-order valence-corrected chi connectivity index (χ1v) is 4.17. The summed E-state index contributed by atoms with van der Waals surface area (Å²) >= 11 is 0. The molecule has 0 aromatic carbocycles. The van der Waals surface area contributed by atoms with Crippen molar-refractivity contribution in [2.45, 2.75) is 39.3 Å². The SMILES string of the molecule is CCN([O-])C(CC)(CC)N(O)O. The maximum Gasteiger partial charge on any atom is 0.113 e. The molecule has 0 heterocycles. The Hall–Kier alpha value is -0.200. The molecule has 0 spiro atoms. The molecular formula is C7H17N2O3-. The topological polar surface area (TPSA) is 70.0 Å². The number of nitrogens with zero attached hydrogens (tertiary/aromatic N) is 2. The molecule has 0 radical (unpaired) electrons. The van der Waals surface area contributed by atoms with Gasteiger partial charge in [-0.1, -0.05) is 26.0 Å². The molecule has 0 fully saturated rings. The van der Waals surface area contributed by atoms with Crippen LogP contribution in [0.5, 0.6) is 0 Å². The van der Waals surface area contributed by atoms with Gasteiger partial charge in [0.05, 0.1) is 0 Å². The molecule has 12 heavy (non-hydrogen) atoms. The molecule has 5 heteroatoms. The van der Waals surface area contributed by atoms with E-state index in [2.05, 4.69) is 0 Å². The van der Waals surface area contributed by atoms with Crippen LogP contribution < -0.4 is 0 Å². The molecule has 0 aliphatic carbocycles. The molecule has 0 saturated carbocycles. The largest absolute Gasteiger partial charge is 0.784 e. The lowest BCUT2D eigenvalue weighted by atomic mass is 10.0. The molecule has 74 valence electrons. The zero-order valence-corrected chi connectivity index (χ0v) is 7.82. The van der Waals surface area contributed by atoms with E-state index in [1.165, 1.54) is 0 Å². The molecule has 0 bridgehead atoms. The van der Waals surface area contributed by atoms with E-state index in [0.717, 1.165) is 0 Å². The summed E-state index contributed by atoms with van der Waals surface area (Å²) < 4.78 is 0. The molecule has 0 atom stereocenters. The highest BCUT2D eigenvalue weighted by atomic mass is 16.8. The van der Waals surface area contributed by atoms with E-state index >= 15 is 0 Å². The average molecular weight is 177 g/mol. The first kappa shape index (κ1) is 11.8.